The van der Waals surface area contributed by atoms with Crippen LogP contribution >= 0.6 is 0 Å². The zero-order chi connectivity index (χ0) is 60.5. The van der Waals surface area contributed by atoms with Crippen molar-refractivity contribution in [3.05, 3.63) is 174 Å². The van der Waals surface area contributed by atoms with Crippen LogP contribution in [0.5, 0.6) is 0 Å². The lowest BCUT2D eigenvalue weighted by Gasteiger charge is -2.29. The van der Waals surface area contributed by atoms with Crippen LogP contribution in [0.15, 0.2) is 158 Å². The third-order valence-corrected chi connectivity index (χ3v) is 15.3. The minimum absolute atomic E-state index is 0.0978. The van der Waals surface area contributed by atoms with E-state index in [4.69, 9.17) is 27.6 Å². The lowest BCUT2D eigenvalue weighted by molar-refractivity contribution is -0.383. The Morgan fingerprint density at radius 3 is 1.36 bits per heavy atom. The van der Waals surface area contributed by atoms with E-state index >= 15 is 0 Å². The number of methoxy groups -OCH3 is 1. The van der Waals surface area contributed by atoms with Gasteiger partial charge in [0.1, 0.15) is 34.5 Å². The Morgan fingerprint density at radius 2 is 0.920 bits per heavy atom. The van der Waals surface area contributed by atoms with Crippen molar-refractivity contribution < 1.29 is 9.66 Å². The summed E-state index contributed by atoms with van der Waals surface area (Å²) in [7, 11) is 1.46. The van der Waals surface area contributed by atoms with Gasteiger partial charge in [-0.05, 0) is 166 Å². The highest BCUT2D eigenvalue weighted by Crippen LogP contribution is 2.32. The largest absolute Gasteiger partial charge is 0.480 e. The Bertz CT molecular complexity index is 4390. The Hall–Kier alpha value is -11.0. The Labute approximate surface area is 505 Å². The fraction of sp³-hybridized carbons (Fsp3) is 0.203. The number of nitrogens with zero attached hydrogens (tertiary/aromatic N) is 10. The first-order valence-corrected chi connectivity index (χ1v) is 29.2. The van der Waals surface area contributed by atoms with Crippen molar-refractivity contribution in [2.45, 2.75) is 38.5 Å². The molecule has 3 fully saturated rings. The average molecular weight is 1180 g/mol. The van der Waals surface area contributed by atoms with Crippen molar-refractivity contribution in [1.82, 2.24) is 66.1 Å². The Morgan fingerprint density at radius 1 is 0.489 bits per heavy atom. The number of hydrazine groups is 3. The first-order chi connectivity index (χ1) is 43.0. The fourth-order valence-corrected chi connectivity index (χ4v) is 10.6. The van der Waals surface area contributed by atoms with Crippen molar-refractivity contribution in [2.24, 2.45) is 0 Å². The van der Waals surface area contributed by atoms with E-state index in [0.717, 1.165) is 135 Å². The minimum atomic E-state index is -0.485. The topological polar surface area (TPSA) is 341 Å². The minimum Gasteiger partial charge on any atom is -0.480 e. The summed E-state index contributed by atoms with van der Waals surface area (Å²) >= 11 is 0. The standard InChI is InChI=1S/C23H21N7.C17H18N6O2.C17H20N6.C7H8N2O/c1-2-10-24-19(5-1)23-27-17-8-6-15(13-20(17)29-23)22-26-18-9-7-16(14-21(18)28-22)30-12-4-3-11-25-30;18-13-5-3-11(9-16(13)23(24)25)17-20-14-6-4-12(10-15(14)21-17)22-8-2-1-7-19-22;18-13-5-3-11(9-14(13)19)17-21-15-6-4-12(10-16(15)22-17)23-8-2-1-7-20-23;1-10-7(8)6-4-2-3-5-9-6/h1-2,5-10,13-14,25H,3-4,11-12H2,(H,26,28)(H,27,29);3-6,9-10,19H,1-2,7-8,18H2,(H,20,21);3-6,9-10,20H,1-2,7-8,18-19H2,(H,21,22);2-5,8H,1H3. The van der Waals surface area contributed by atoms with Gasteiger partial charge in [-0.25, -0.2) is 36.2 Å². The second-order valence-electron chi connectivity index (χ2n) is 21.3. The third-order valence-electron chi connectivity index (χ3n) is 15.3. The number of rotatable bonds is 9. The molecule has 24 heteroatoms. The summed E-state index contributed by atoms with van der Waals surface area (Å²) in [5, 5.41) is 24.8. The second-order valence-corrected chi connectivity index (χ2v) is 21.3. The number of H-pyrrole nitrogens is 4. The van der Waals surface area contributed by atoms with Gasteiger partial charge in [0.15, 0.2) is 5.82 Å². The number of nitrogen functional groups attached to an aromatic ring is 3. The summed E-state index contributed by atoms with van der Waals surface area (Å²) in [4.78, 5) is 51.0. The van der Waals surface area contributed by atoms with Crippen LogP contribution in [-0.2, 0) is 4.74 Å². The van der Waals surface area contributed by atoms with Crippen molar-refractivity contribution in [3.63, 3.8) is 0 Å². The monoisotopic (exact) mass is 1180 g/mol. The molecule has 15 rings (SSSR count). The van der Waals surface area contributed by atoms with Crippen molar-refractivity contribution in [3.8, 4) is 45.7 Å². The summed E-state index contributed by atoms with van der Waals surface area (Å²) < 4.78 is 4.66. The van der Waals surface area contributed by atoms with Crippen LogP contribution in [0.4, 0.5) is 39.8 Å². The van der Waals surface area contributed by atoms with E-state index in [2.05, 4.69) is 123 Å². The highest BCUT2D eigenvalue weighted by Gasteiger charge is 2.19. The van der Waals surface area contributed by atoms with Gasteiger partial charge in [0.05, 0.1) is 84.6 Å². The van der Waals surface area contributed by atoms with E-state index in [9.17, 15) is 10.1 Å². The normalized spacial score (nSPS) is 14.2. The number of nitro groups is 1. The number of nitrogens with one attached hydrogen (secondary N) is 8. The number of nitro benzene ring substituents is 1. The van der Waals surface area contributed by atoms with Crippen molar-refractivity contribution >= 4 is 89.8 Å². The summed E-state index contributed by atoms with van der Waals surface area (Å²) in [5.74, 6) is 3.11. The van der Waals surface area contributed by atoms with Crippen LogP contribution in [0.25, 0.3) is 89.8 Å². The van der Waals surface area contributed by atoms with E-state index < -0.39 is 4.92 Å². The van der Waals surface area contributed by atoms with Gasteiger partial charge in [0.25, 0.3) is 5.69 Å². The van der Waals surface area contributed by atoms with Crippen LogP contribution in [0.2, 0.25) is 0 Å². The molecule has 0 radical (unpaired) electrons. The molecule has 24 nitrogen and oxygen atoms in total. The molecule has 3 aliphatic rings. The van der Waals surface area contributed by atoms with Crippen LogP contribution in [0.1, 0.15) is 44.2 Å². The second kappa shape index (κ2) is 26.1. The summed E-state index contributed by atoms with van der Waals surface area (Å²) in [6, 6.07) is 46.3. The number of nitrogens with two attached hydrogens (primary N) is 3. The molecule has 0 spiro atoms. The first-order valence-electron chi connectivity index (χ1n) is 29.2. The molecule has 3 aliphatic heterocycles. The number of fused-ring (bicyclic) bond motifs is 4. The number of pyridine rings is 2. The van der Waals surface area contributed by atoms with Gasteiger partial charge in [-0.1, -0.05) is 12.1 Å². The first kappa shape index (κ1) is 57.5. The number of ether oxygens (including phenoxy) is 1. The SMILES string of the molecule is COC(=N)c1ccccn1.Nc1ccc(-c2nc3ccc(N4CCCCN4)cc3[nH]2)cc1N.Nc1ccc(-c2nc3ccc(N4CCCCN4)cc3[nH]2)cc1[N+](=O)[O-].c1ccc(-c2nc3ccc(-c4nc5ccc(N6CCCCN6)cc5[nH]4)cc3[nH]2)nc1. The number of aromatic nitrogens is 10. The van der Waals surface area contributed by atoms with Crippen LogP contribution in [0, 0.1) is 15.5 Å². The van der Waals surface area contributed by atoms with Gasteiger partial charge in [0, 0.05) is 74.4 Å². The molecule has 88 heavy (non-hydrogen) atoms. The zero-order valence-corrected chi connectivity index (χ0v) is 48.4. The molecule has 6 aromatic carbocycles. The molecule has 0 atom stereocenters. The summed E-state index contributed by atoms with van der Waals surface area (Å²) in [5.41, 5.74) is 43.7. The maximum Gasteiger partial charge on any atom is 0.292 e. The van der Waals surface area contributed by atoms with Crippen molar-refractivity contribution in [1.29, 1.82) is 5.41 Å². The molecule has 14 N–H and O–H groups in total. The number of aromatic amines is 4. The Balaban J connectivity index is 0.000000120. The number of benzene rings is 6. The predicted octanol–water partition coefficient (Wildman–Crippen LogP) is 10.7. The van der Waals surface area contributed by atoms with Crippen LogP contribution < -0.4 is 48.5 Å². The zero-order valence-electron chi connectivity index (χ0n) is 48.4. The molecular weight excluding hydrogens is 1110 g/mol. The fourth-order valence-electron chi connectivity index (χ4n) is 10.6. The molecule has 9 heterocycles. The number of anilines is 6. The lowest BCUT2D eigenvalue weighted by atomic mass is 10.1. The lowest BCUT2D eigenvalue weighted by Crippen LogP contribution is -2.43. The molecular formula is C64H67N21O3. The van der Waals surface area contributed by atoms with Crippen molar-refractivity contribution in [2.75, 3.05) is 78.6 Å². The number of imidazole rings is 4. The van der Waals surface area contributed by atoms with Gasteiger partial charge in [-0.2, -0.15) is 0 Å². The molecule has 0 amide bonds. The van der Waals surface area contributed by atoms with E-state index in [0.29, 0.717) is 28.5 Å². The molecule has 6 aromatic heterocycles. The van der Waals surface area contributed by atoms with Gasteiger partial charge in [-0.3, -0.25) is 25.5 Å². The maximum atomic E-state index is 11.1. The molecule has 12 aromatic rings. The molecule has 0 saturated carbocycles. The van der Waals surface area contributed by atoms with Gasteiger partial charge in [0.2, 0.25) is 5.90 Å². The maximum absolute atomic E-state index is 11.1. The van der Waals surface area contributed by atoms with Gasteiger partial charge in [-0.15, -0.1) is 0 Å². The van der Waals surface area contributed by atoms with E-state index in [1.807, 2.05) is 66.7 Å². The quantitative estimate of drug-likeness (QED) is 0.0210. The van der Waals surface area contributed by atoms with E-state index in [1.54, 1.807) is 36.7 Å². The Kier molecular flexibility index (Phi) is 17.1. The highest BCUT2D eigenvalue weighted by atomic mass is 16.6. The van der Waals surface area contributed by atoms with E-state index in [-0.39, 0.29) is 17.3 Å². The molecule has 0 unspecified atom stereocenters. The van der Waals surface area contributed by atoms with Gasteiger partial charge >= 0.3 is 0 Å². The average Bonchev–Trinajstić information content (AvgIpc) is 2.34. The molecule has 0 bridgehead atoms. The molecule has 0 aliphatic carbocycles. The summed E-state index contributed by atoms with van der Waals surface area (Å²) in [6.45, 7) is 6.05. The van der Waals surface area contributed by atoms with Gasteiger partial charge < -0.3 is 56.9 Å². The number of hydrogen-bond donors (Lipinski definition) is 11. The van der Waals surface area contributed by atoms with E-state index in [1.165, 1.54) is 57.0 Å². The molecule has 446 valence electrons. The van der Waals surface area contributed by atoms with Crippen LogP contribution in [0.3, 0.4) is 0 Å². The van der Waals surface area contributed by atoms with Crippen LogP contribution in [-0.4, -0.2) is 107 Å². The highest BCUT2D eigenvalue weighted by molar-refractivity contribution is 5.90. The summed E-state index contributed by atoms with van der Waals surface area (Å²) in [6.07, 6.45) is 10.6. The predicted molar refractivity (Wildman–Crippen MR) is 349 cm³/mol. The smallest absolute Gasteiger partial charge is 0.292 e. The number of hydrogen-bond acceptors (Lipinski definition) is 19. The third kappa shape index (κ3) is 13.1. The molecule has 3 saturated heterocycles.